The van der Waals surface area contributed by atoms with Gasteiger partial charge >= 0.3 is 0 Å². The Balaban J connectivity index is 1.94. The van der Waals surface area contributed by atoms with Crippen LogP contribution in [-0.2, 0) is 4.79 Å². The van der Waals surface area contributed by atoms with Gasteiger partial charge < -0.3 is 10.3 Å². The summed E-state index contributed by atoms with van der Waals surface area (Å²) >= 11 is 19.4. The van der Waals surface area contributed by atoms with E-state index in [-0.39, 0.29) is 11.8 Å². The van der Waals surface area contributed by atoms with E-state index in [1.807, 2.05) is 0 Å². The van der Waals surface area contributed by atoms with Crippen LogP contribution in [0.2, 0.25) is 10.0 Å². The fraction of sp³-hybridized carbons (Fsp3) is 0.0500. The van der Waals surface area contributed by atoms with Crippen LogP contribution in [-0.4, -0.2) is 32.0 Å². The zero-order valence-corrected chi connectivity index (χ0v) is 18.6. The minimum Gasteiger partial charge on any atom is -0.327 e. The molecular weight excluding hydrogens is 479 g/mol. The highest BCUT2D eigenvalue weighted by molar-refractivity contribution is 7.19. The van der Waals surface area contributed by atoms with E-state index in [1.165, 1.54) is 17.7 Å². The molecule has 0 aliphatic carbocycles. The summed E-state index contributed by atoms with van der Waals surface area (Å²) in [6.07, 6.45) is 3.00. The maximum Gasteiger partial charge on any atom is 0.240 e. The first kappa shape index (κ1) is 21.3. The lowest BCUT2D eigenvalue weighted by Crippen LogP contribution is -2.13. The molecule has 0 fully saturated rings. The molecule has 154 valence electrons. The molecular formula is C20H11Cl3N6OS. The second kappa shape index (κ2) is 9.04. The fourth-order valence-corrected chi connectivity index (χ4v) is 4.77. The number of amides is 1. The first-order chi connectivity index (χ1) is 15.0. The van der Waals surface area contributed by atoms with Crippen molar-refractivity contribution >= 4 is 57.9 Å². The number of nitriles is 1. The van der Waals surface area contributed by atoms with Crippen molar-refractivity contribution in [1.82, 2.24) is 20.2 Å². The van der Waals surface area contributed by atoms with Crippen LogP contribution in [0.5, 0.6) is 0 Å². The lowest BCUT2D eigenvalue weighted by atomic mass is 9.98. The summed E-state index contributed by atoms with van der Waals surface area (Å²) in [5.74, 6) is 0.253. The molecule has 0 radical (unpaired) electrons. The van der Waals surface area contributed by atoms with Crippen LogP contribution in [0.15, 0.2) is 42.9 Å². The number of rotatable bonds is 5. The largest absolute Gasteiger partial charge is 0.327 e. The molecule has 31 heavy (non-hydrogen) atoms. The lowest BCUT2D eigenvalue weighted by Gasteiger charge is -2.07. The Morgan fingerprint density at radius 1 is 1.23 bits per heavy atom. The molecule has 3 aromatic heterocycles. The molecule has 0 unspecified atom stereocenters. The predicted molar refractivity (Wildman–Crippen MR) is 122 cm³/mol. The van der Waals surface area contributed by atoms with E-state index in [0.29, 0.717) is 53.7 Å². The summed E-state index contributed by atoms with van der Waals surface area (Å²) in [6.45, 7) is 0. The number of aromatic amines is 1. The van der Waals surface area contributed by atoms with Crippen LogP contribution in [0.4, 0.5) is 5.82 Å². The molecule has 1 amide bonds. The number of benzene rings is 1. The van der Waals surface area contributed by atoms with Crippen LogP contribution >= 0.6 is 46.1 Å². The van der Waals surface area contributed by atoms with E-state index in [1.54, 1.807) is 36.5 Å². The first-order valence-corrected chi connectivity index (χ1v) is 10.8. The van der Waals surface area contributed by atoms with E-state index in [9.17, 15) is 10.1 Å². The molecule has 0 atom stereocenters. The van der Waals surface area contributed by atoms with Crippen molar-refractivity contribution < 1.29 is 4.79 Å². The van der Waals surface area contributed by atoms with Crippen molar-refractivity contribution in [3.63, 3.8) is 0 Å². The Kier molecular flexibility index (Phi) is 6.20. The lowest BCUT2D eigenvalue weighted by molar-refractivity contribution is -0.113. The van der Waals surface area contributed by atoms with Crippen LogP contribution in [0.3, 0.4) is 0 Å². The number of nitrogens with one attached hydrogen (secondary N) is 2. The van der Waals surface area contributed by atoms with E-state index in [4.69, 9.17) is 34.8 Å². The fourth-order valence-electron chi connectivity index (χ4n) is 2.99. The number of hydrogen-bond donors (Lipinski definition) is 2. The third-order valence-electron chi connectivity index (χ3n) is 4.26. The number of anilines is 1. The summed E-state index contributed by atoms with van der Waals surface area (Å²) in [4.78, 5) is 20.1. The molecule has 11 heteroatoms. The van der Waals surface area contributed by atoms with Crippen molar-refractivity contribution in [3.8, 4) is 38.3 Å². The molecule has 0 aliphatic rings. The van der Waals surface area contributed by atoms with Crippen molar-refractivity contribution in [2.75, 3.05) is 11.2 Å². The second-order valence-corrected chi connectivity index (χ2v) is 8.33. The third kappa shape index (κ3) is 4.27. The van der Waals surface area contributed by atoms with Crippen molar-refractivity contribution in [2.24, 2.45) is 0 Å². The summed E-state index contributed by atoms with van der Waals surface area (Å²) in [7, 11) is 0. The van der Waals surface area contributed by atoms with Gasteiger partial charge in [0, 0.05) is 27.4 Å². The second-order valence-electron chi connectivity index (χ2n) is 6.20. The highest BCUT2D eigenvalue weighted by Crippen LogP contribution is 2.48. The number of carbonyl (C=O) groups excluding carboxylic acids is 1. The number of halogens is 3. The molecule has 1 aromatic carbocycles. The summed E-state index contributed by atoms with van der Waals surface area (Å²) < 4.78 is 0. The van der Waals surface area contributed by atoms with Gasteiger partial charge in [-0.15, -0.1) is 33.1 Å². The molecule has 3 heterocycles. The summed E-state index contributed by atoms with van der Waals surface area (Å²) in [6, 6.07) is 10.8. The maximum atomic E-state index is 11.6. The molecule has 2 N–H and O–H groups in total. The van der Waals surface area contributed by atoms with E-state index < -0.39 is 0 Å². The maximum absolute atomic E-state index is 11.6. The molecule has 7 nitrogen and oxygen atoms in total. The van der Waals surface area contributed by atoms with Gasteiger partial charge in [0.2, 0.25) is 5.91 Å². The normalized spacial score (nSPS) is 10.6. The van der Waals surface area contributed by atoms with Gasteiger partial charge in [-0.3, -0.25) is 4.79 Å². The van der Waals surface area contributed by atoms with Crippen LogP contribution in [0.1, 0.15) is 5.56 Å². The highest BCUT2D eigenvalue weighted by Gasteiger charge is 2.25. The first-order valence-electron chi connectivity index (χ1n) is 8.72. The van der Waals surface area contributed by atoms with Gasteiger partial charge in [0.1, 0.15) is 24.1 Å². The van der Waals surface area contributed by atoms with Gasteiger partial charge in [-0.2, -0.15) is 5.26 Å². The monoisotopic (exact) mass is 488 g/mol. The highest BCUT2D eigenvalue weighted by atomic mass is 35.5. The number of pyridine rings is 1. The molecule has 0 saturated heterocycles. The van der Waals surface area contributed by atoms with Gasteiger partial charge in [-0.05, 0) is 29.8 Å². The van der Waals surface area contributed by atoms with E-state index >= 15 is 0 Å². The standard InChI is InChI=1S/C20H11Cl3N6OS/c21-7-16(30)28-15-5-10(3-4-25-15)18-13(8-24)17(12-2-1-11(22)6-14(12)23)19(31-18)20-26-9-27-29-20/h1-6,9H,7H2,(H,25,28,30)(H,26,27,29). The van der Waals surface area contributed by atoms with Gasteiger partial charge in [-0.25, -0.2) is 4.98 Å². The van der Waals surface area contributed by atoms with E-state index in [0.717, 1.165) is 0 Å². The number of thiophene rings is 1. The third-order valence-corrected chi connectivity index (χ3v) is 6.30. The van der Waals surface area contributed by atoms with Crippen LogP contribution < -0.4 is 5.32 Å². The molecule has 4 rings (SSSR count). The van der Waals surface area contributed by atoms with Crippen LogP contribution in [0, 0.1) is 11.3 Å². The minimum absolute atomic E-state index is 0.191. The van der Waals surface area contributed by atoms with Gasteiger partial charge in [0.05, 0.1) is 15.3 Å². The number of H-pyrrole nitrogens is 1. The Labute approximate surface area is 195 Å². The van der Waals surface area contributed by atoms with Gasteiger partial charge in [0.15, 0.2) is 5.82 Å². The minimum atomic E-state index is -0.381. The smallest absolute Gasteiger partial charge is 0.240 e. The van der Waals surface area contributed by atoms with Gasteiger partial charge in [0.25, 0.3) is 0 Å². The zero-order valence-electron chi connectivity index (χ0n) is 15.5. The Morgan fingerprint density at radius 2 is 2.06 bits per heavy atom. The number of alkyl halides is 1. The van der Waals surface area contributed by atoms with Gasteiger partial charge in [-0.1, -0.05) is 29.3 Å². The number of hydrogen-bond acceptors (Lipinski definition) is 6. The quantitative estimate of drug-likeness (QED) is 0.354. The SMILES string of the molecule is N#Cc1c(-c2ccnc(NC(=O)CCl)c2)sc(-c2nnc[nH]2)c1-c1ccc(Cl)cc1Cl. The van der Waals surface area contributed by atoms with Crippen LogP contribution in [0.25, 0.3) is 32.3 Å². The van der Waals surface area contributed by atoms with Crippen molar-refractivity contribution in [1.29, 1.82) is 5.26 Å². The average molecular weight is 490 g/mol. The van der Waals surface area contributed by atoms with Crippen molar-refractivity contribution in [2.45, 2.75) is 0 Å². The predicted octanol–water partition coefficient (Wildman–Crippen LogP) is 5.62. The number of nitrogens with zero attached hydrogens (tertiary/aromatic N) is 4. The summed E-state index contributed by atoms with van der Waals surface area (Å²) in [5.41, 5.74) is 2.35. The molecule has 0 aliphatic heterocycles. The topological polar surface area (TPSA) is 107 Å². The average Bonchev–Trinajstić information content (AvgIpc) is 3.41. The Morgan fingerprint density at radius 3 is 2.74 bits per heavy atom. The molecule has 4 aromatic rings. The summed E-state index contributed by atoms with van der Waals surface area (Å²) in [5, 5.41) is 21.5. The van der Waals surface area contributed by atoms with Crippen molar-refractivity contribution in [3.05, 3.63) is 58.5 Å². The number of carbonyl (C=O) groups is 1. The Hall–Kier alpha value is -2.96. The Bertz CT molecular complexity index is 1310. The van der Waals surface area contributed by atoms with E-state index in [2.05, 4.69) is 31.6 Å². The molecule has 0 spiro atoms. The zero-order chi connectivity index (χ0) is 22.0. The number of aromatic nitrogens is 4. The molecule has 0 bridgehead atoms. The molecule has 0 saturated carbocycles.